The smallest absolute Gasteiger partial charge is 0.179 e. The van der Waals surface area contributed by atoms with Gasteiger partial charge in [0.25, 0.3) is 0 Å². The third-order valence-electron chi connectivity index (χ3n) is 3.71. The first-order valence-electron chi connectivity index (χ1n) is 6.79. The van der Waals surface area contributed by atoms with E-state index >= 15 is 0 Å². The van der Waals surface area contributed by atoms with Crippen LogP contribution in [-0.4, -0.2) is 21.3 Å². The van der Waals surface area contributed by atoms with Gasteiger partial charge in [-0.05, 0) is 27.6 Å². The zero-order valence-corrected chi connectivity index (χ0v) is 12.7. The molecule has 0 spiro atoms. The molecule has 0 aliphatic carbocycles. The molecule has 1 unspecified atom stereocenters. The van der Waals surface area contributed by atoms with Gasteiger partial charge in [0.15, 0.2) is 16.3 Å². The first-order valence-corrected chi connectivity index (χ1v) is 7.58. The summed E-state index contributed by atoms with van der Waals surface area (Å²) in [4.78, 5) is 0. The van der Waals surface area contributed by atoms with Crippen LogP contribution in [0.2, 0.25) is 0 Å². The van der Waals surface area contributed by atoms with Crippen molar-refractivity contribution >= 4 is 15.9 Å². The van der Waals surface area contributed by atoms with Crippen molar-refractivity contribution in [3.05, 3.63) is 58.7 Å². The molecule has 3 heterocycles. The Hall–Kier alpha value is -1.92. The molecule has 1 aliphatic heterocycles. The molecule has 2 aromatic heterocycles. The van der Waals surface area contributed by atoms with E-state index < -0.39 is 0 Å². The Morgan fingerprint density at radius 2 is 2.05 bits per heavy atom. The fourth-order valence-corrected chi connectivity index (χ4v) is 3.14. The second-order valence-electron chi connectivity index (χ2n) is 4.94. The fraction of sp³-hybridized carbons (Fsp3) is 0.200. The summed E-state index contributed by atoms with van der Waals surface area (Å²) >= 11 is 3.41. The monoisotopic (exact) mass is 344 g/mol. The van der Waals surface area contributed by atoms with E-state index in [1.54, 1.807) is 6.26 Å². The third-order valence-corrected chi connectivity index (χ3v) is 4.33. The van der Waals surface area contributed by atoms with Crippen LogP contribution in [0.4, 0.5) is 0 Å². The van der Waals surface area contributed by atoms with Gasteiger partial charge in [0.1, 0.15) is 0 Å². The Labute approximate surface area is 130 Å². The van der Waals surface area contributed by atoms with Gasteiger partial charge in [0.2, 0.25) is 0 Å². The molecule has 1 N–H and O–H groups in total. The molecule has 0 bridgehead atoms. The number of fused-ring (bicyclic) bond motifs is 1. The first kappa shape index (κ1) is 12.8. The van der Waals surface area contributed by atoms with Crippen LogP contribution < -0.4 is 5.32 Å². The molecule has 0 amide bonds. The largest absolute Gasteiger partial charge is 0.457 e. The average Bonchev–Trinajstić information content (AvgIpc) is 3.13. The highest BCUT2D eigenvalue weighted by Gasteiger charge is 2.27. The Balaban J connectivity index is 1.81. The van der Waals surface area contributed by atoms with Gasteiger partial charge in [0, 0.05) is 13.1 Å². The maximum absolute atomic E-state index is 5.31. The lowest BCUT2D eigenvalue weighted by Crippen LogP contribution is -2.34. The van der Waals surface area contributed by atoms with E-state index in [1.165, 1.54) is 5.56 Å². The number of hydrogen-bond donors (Lipinski definition) is 1. The molecule has 106 valence electrons. The van der Waals surface area contributed by atoms with Crippen LogP contribution in [-0.2, 0) is 6.54 Å². The van der Waals surface area contributed by atoms with Crippen molar-refractivity contribution in [3.63, 3.8) is 0 Å². The van der Waals surface area contributed by atoms with Crippen LogP contribution in [0.15, 0.2) is 51.7 Å². The van der Waals surface area contributed by atoms with Crippen LogP contribution >= 0.6 is 15.9 Å². The summed E-state index contributed by atoms with van der Waals surface area (Å²) in [6.45, 7) is 1.73. The maximum Gasteiger partial charge on any atom is 0.179 e. The molecule has 4 rings (SSSR count). The van der Waals surface area contributed by atoms with Crippen LogP contribution in [0, 0.1) is 0 Å². The maximum atomic E-state index is 5.31. The van der Waals surface area contributed by atoms with E-state index in [4.69, 9.17) is 4.42 Å². The van der Waals surface area contributed by atoms with Crippen molar-refractivity contribution in [2.24, 2.45) is 0 Å². The molecule has 0 saturated carbocycles. The quantitative estimate of drug-likeness (QED) is 0.776. The zero-order valence-electron chi connectivity index (χ0n) is 11.2. The van der Waals surface area contributed by atoms with E-state index in [0.717, 1.165) is 30.3 Å². The van der Waals surface area contributed by atoms with E-state index in [2.05, 4.69) is 48.1 Å². The van der Waals surface area contributed by atoms with Crippen molar-refractivity contribution in [2.75, 3.05) is 6.54 Å². The lowest BCUT2D eigenvalue weighted by atomic mass is 10.0. The Kier molecular flexibility index (Phi) is 3.12. The Morgan fingerprint density at radius 3 is 2.81 bits per heavy atom. The van der Waals surface area contributed by atoms with Crippen LogP contribution in [0.3, 0.4) is 0 Å². The zero-order chi connectivity index (χ0) is 14.2. The van der Waals surface area contributed by atoms with Crippen molar-refractivity contribution in [1.29, 1.82) is 0 Å². The highest BCUT2D eigenvalue weighted by molar-refractivity contribution is 9.10. The summed E-state index contributed by atoms with van der Waals surface area (Å²) < 4.78 is 8.15. The van der Waals surface area contributed by atoms with Gasteiger partial charge in [-0.3, -0.25) is 0 Å². The lowest BCUT2D eigenvalue weighted by Gasteiger charge is -2.25. The third kappa shape index (κ3) is 2.11. The molecule has 0 radical (unpaired) electrons. The minimum atomic E-state index is 0.0758. The number of aromatic nitrogens is 3. The Morgan fingerprint density at radius 1 is 1.19 bits per heavy atom. The molecule has 5 nitrogen and oxygen atoms in total. The van der Waals surface area contributed by atoms with Crippen LogP contribution in [0.1, 0.15) is 17.4 Å². The highest BCUT2D eigenvalue weighted by Crippen LogP contribution is 2.31. The molecular formula is C15H13BrN4O. The predicted octanol–water partition coefficient (Wildman–Crippen LogP) is 2.99. The van der Waals surface area contributed by atoms with Gasteiger partial charge < -0.3 is 14.3 Å². The molecule has 1 aromatic carbocycles. The lowest BCUT2D eigenvalue weighted by molar-refractivity contribution is 0.457. The molecule has 1 aliphatic rings. The van der Waals surface area contributed by atoms with Gasteiger partial charge in [-0.1, -0.05) is 30.3 Å². The highest BCUT2D eigenvalue weighted by atomic mass is 79.9. The van der Waals surface area contributed by atoms with E-state index in [-0.39, 0.29) is 6.04 Å². The normalized spacial score (nSPS) is 17.7. The fourth-order valence-electron chi connectivity index (χ4n) is 2.73. The van der Waals surface area contributed by atoms with Crippen molar-refractivity contribution in [1.82, 2.24) is 20.1 Å². The Bertz CT molecular complexity index is 765. The minimum absolute atomic E-state index is 0.0758. The first-order chi connectivity index (χ1) is 10.3. The second kappa shape index (κ2) is 5.13. The SMILES string of the molecule is Brc1occc1-c1nnc2n1CCNC2c1ccccc1. The van der Waals surface area contributed by atoms with Crippen LogP contribution in [0.5, 0.6) is 0 Å². The van der Waals surface area contributed by atoms with Gasteiger partial charge in [-0.2, -0.15) is 0 Å². The summed E-state index contributed by atoms with van der Waals surface area (Å²) in [6, 6.07) is 12.3. The number of nitrogens with one attached hydrogen (secondary N) is 1. The van der Waals surface area contributed by atoms with E-state index in [9.17, 15) is 0 Å². The molecular weight excluding hydrogens is 332 g/mol. The number of benzene rings is 1. The average molecular weight is 345 g/mol. The standard InChI is InChI=1S/C15H13BrN4O/c16-13-11(6-9-21-13)14-18-19-15-12(17-7-8-20(14)15)10-4-2-1-3-5-10/h1-6,9,12,17H,7-8H2. The summed E-state index contributed by atoms with van der Waals surface area (Å²) in [5.74, 6) is 1.78. The number of rotatable bonds is 2. The number of furan rings is 1. The number of hydrogen-bond acceptors (Lipinski definition) is 4. The molecule has 21 heavy (non-hydrogen) atoms. The minimum Gasteiger partial charge on any atom is -0.457 e. The van der Waals surface area contributed by atoms with E-state index in [0.29, 0.717) is 4.67 Å². The number of halogens is 1. The summed E-state index contributed by atoms with van der Waals surface area (Å²) in [6.07, 6.45) is 1.65. The number of nitrogens with zero attached hydrogens (tertiary/aromatic N) is 3. The topological polar surface area (TPSA) is 55.9 Å². The van der Waals surface area contributed by atoms with Gasteiger partial charge >= 0.3 is 0 Å². The second-order valence-corrected chi connectivity index (χ2v) is 5.66. The van der Waals surface area contributed by atoms with Crippen LogP contribution in [0.25, 0.3) is 11.4 Å². The molecule has 1 atom stereocenters. The molecule has 0 saturated heterocycles. The predicted molar refractivity (Wildman–Crippen MR) is 81.7 cm³/mol. The van der Waals surface area contributed by atoms with Crippen molar-refractivity contribution < 1.29 is 4.42 Å². The van der Waals surface area contributed by atoms with Gasteiger partial charge in [-0.25, -0.2) is 0 Å². The van der Waals surface area contributed by atoms with Gasteiger partial charge in [-0.15, -0.1) is 10.2 Å². The van der Waals surface area contributed by atoms with Gasteiger partial charge in [0.05, 0.1) is 17.9 Å². The summed E-state index contributed by atoms with van der Waals surface area (Å²) in [5.41, 5.74) is 2.13. The van der Waals surface area contributed by atoms with E-state index in [1.807, 2.05) is 24.3 Å². The van der Waals surface area contributed by atoms with Crippen molar-refractivity contribution in [3.8, 4) is 11.4 Å². The molecule has 0 fully saturated rings. The summed E-state index contributed by atoms with van der Waals surface area (Å²) in [5, 5.41) is 12.3. The molecule has 6 heteroatoms. The summed E-state index contributed by atoms with van der Waals surface area (Å²) in [7, 11) is 0. The van der Waals surface area contributed by atoms with Crippen molar-refractivity contribution in [2.45, 2.75) is 12.6 Å². The molecule has 3 aromatic rings.